The van der Waals surface area contributed by atoms with E-state index in [2.05, 4.69) is 28.9 Å². The maximum Gasteiger partial charge on any atom is 0.323 e. The van der Waals surface area contributed by atoms with Crippen LogP contribution in [0.15, 0.2) is 104 Å². The number of nitrogens with one attached hydrogen (secondary N) is 3. The van der Waals surface area contributed by atoms with Crippen LogP contribution in [-0.2, 0) is 55.6 Å². The molecule has 30 heteroatoms. The van der Waals surface area contributed by atoms with Crippen molar-refractivity contribution in [1.29, 1.82) is 0 Å². The van der Waals surface area contributed by atoms with E-state index in [1.165, 1.54) is 6.07 Å². The van der Waals surface area contributed by atoms with Gasteiger partial charge in [0.2, 0.25) is 26.0 Å². The fourth-order valence-corrected chi connectivity index (χ4v) is 11.5. The zero-order valence-corrected chi connectivity index (χ0v) is 46.7. The lowest BCUT2D eigenvalue weighted by atomic mass is 9.90. The van der Waals surface area contributed by atoms with Gasteiger partial charge in [-0.15, -0.1) is 0 Å². The number of esters is 2. The van der Waals surface area contributed by atoms with Crippen molar-refractivity contribution in [3.05, 3.63) is 130 Å². The molecule has 5 aromatic rings. The molecule has 1 aliphatic rings. The Balaban J connectivity index is 0.000000326. The minimum Gasteiger partial charge on any atom is -0.487 e. The van der Waals surface area contributed by atoms with Crippen molar-refractivity contribution in [2.24, 2.45) is 27.2 Å². The average Bonchev–Trinajstić information content (AvgIpc) is 3.41. The highest BCUT2D eigenvalue weighted by atomic mass is 32.2. The van der Waals surface area contributed by atoms with E-state index >= 15 is 0 Å². The Morgan fingerprint density at radius 2 is 1.05 bits per heavy atom. The summed E-state index contributed by atoms with van der Waals surface area (Å²) < 4.78 is 194. The molecule has 0 aliphatic carbocycles. The number of fused-ring (bicyclic) bond motifs is 1. The maximum atomic E-state index is 14.8. The molecule has 1 heterocycles. The number of aryl methyl sites for hydroxylation is 1. The molecular weight excluding hydrogens is 1140 g/mol. The number of guanidine groups is 2. The summed E-state index contributed by atoms with van der Waals surface area (Å²) in [6.45, 7) is 7.37. The van der Waals surface area contributed by atoms with E-state index in [-0.39, 0.29) is 66.7 Å². The number of benzene rings is 5. The summed E-state index contributed by atoms with van der Waals surface area (Å²) in [5.74, 6) is -10.4. The normalized spacial score (nSPS) is 14.0. The van der Waals surface area contributed by atoms with Gasteiger partial charge in [-0.25, -0.2) is 56.3 Å². The summed E-state index contributed by atoms with van der Waals surface area (Å²) in [6, 6.07) is 9.29. The Hall–Kier alpha value is -7.67. The Morgan fingerprint density at radius 3 is 1.44 bits per heavy atom. The third-order valence-corrected chi connectivity index (χ3v) is 16.1. The lowest BCUT2D eigenvalue weighted by Gasteiger charge is -2.35. The molecule has 6 rings (SSSR count). The van der Waals surface area contributed by atoms with Crippen molar-refractivity contribution in [3.63, 3.8) is 0 Å². The number of methoxy groups -OCH3 is 2. The minimum absolute atomic E-state index is 0.0159. The van der Waals surface area contributed by atoms with E-state index in [9.17, 15) is 61.2 Å². The molecule has 0 amide bonds. The van der Waals surface area contributed by atoms with Gasteiger partial charge in [0, 0.05) is 13.1 Å². The second kappa shape index (κ2) is 27.2. The summed E-state index contributed by atoms with van der Waals surface area (Å²) in [6.07, 6.45) is 1.33. The fraction of sp³-hybridized carbons (Fsp3) is 0.333. The van der Waals surface area contributed by atoms with E-state index in [0.29, 0.717) is 54.0 Å². The largest absolute Gasteiger partial charge is 0.487 e. The van der Waals surface area contributed by atoms with Gasteiger partial charge in [-0.1, -0.05) is 0 Å². The zero-order chi connectivity index (χ0) is 60.2. The van der Waals surface area contributed by atoms with Crippen LogP contribution in [0.5, 0.6) is 28.7 Å². The van der Waals surface area contributed by atoms with E-state index in [1.807, 2.05) is 18.6 Å². The third kappa shape index (κ3) is 17.7. The van der Waals surface area contributed by atoms with Gasteiger partial charge >= 0.3 is 11.9 Å². The molecule has 2 atom stereocenters. The second-order valence-electron chi connectivity index (χ2n) is 18.4. The monoisotopic (exact) mass is 1200 g/mol. The third-order valence-electron chi connectivity index (χ3n) is 11.8. The molecule has 440 valence electrons. The molecule has 0 aromatic heterocycles. The number of nitrogens with two attached hydrogens (primary N) is 3. The number of hydrogen-bond acceptors (Lipinski definition) is 15. The number of ether oxygens (including phenoxy) is 5. The topological polar surface area (TPSA) is 322 Å². The van der Waals surface area contributed by atoms with E-state index in [4.69, 9.17) is 31.4 Å². The van der Waals surface area contributed by atoms with Crippen LogP contribution in [0.25, 0.3) is 0 Å². The molecular formula is C51H58F6N8O13S3. The Morgan fingerprint density at radius 1 is 0.642 bits per heavy atom. The van der Waals surface area contributed by atoms with Gasteiger partial charge in [0.1, 0.15) is 46.6 Å². The van der Waals surface area contributed by atoms with E-state index in [0.717, 1.165) is 68.3 Å². The smallest absolute Gasteiger partial charge is 0.323 e. The molecule has 9 N–H and O–H groups in total. The van der Waals surface area contributed by atoms with Crippen LogP contribution < -0.4 is 45.6 Å². The maximum absolute atomic E-state index is 14.8. The molecule has 0 unspecified atom stereocenters. The molecule has 0 saturated carbocycles. The van der Waals surface area contributed by atoms with Crippen molar-refractivity contribution in [3.8, 4) is 28.7 Å². The molecule has 21 nitrogen and oxygen atoms in total. The van der Waals surface area contributed by atoms with Gasteiger partial charge < -0.3 is 40.9 Å². The van der Waals surface area contributed by atoms with Gasteiger partial charge in [0.15, 0.2) is 40.7 Å². The number of rotatable bonds is 22. The van der Waals surface area contributed by atoms with Gasteiger partial charge in [-0.05, 0) is 162 Å². The fourth-order valence-electron chi connectivity index (χ4n) is 7.69. The van der Waals surface area contributed by atoms with Crippen LogP contribution in [0.4, 0.5) is 26.3 Å². The summed E-state index contributed by atoms with van der Waals surface area (Å²) >= 11 is 0. The number of halogens is 6. The summed E-state index contributed by atoms with van der Waals surface area (Å²) in [5.41, 5.74) is 17.9. The lowest BCUT2D eigenvalue weighted by Crippen LogP contribution is -2.41. The van der Waals surface area contributed by atoms with Gasteiger partial charge in [0.25, 0.3) is 10.0 Å². The summed E-state index contributed by atoms with van der Waals surface area (Å²) in [4.78, 5) is 30.4. The van der Waals surface area contributed by atoms with Crippen molar-refractivity contribution >= 4 is 53.9 Å². The Bertz CT molecular complexity index is 3470. The van der Waals surface area contributed by atoms with Crippen LogP contribution >= 0.6 is 0 Å². The van der Waals surface area contributed by atoms with Crippen molar-refractivity contribution in [1.82, 2.24) is 14.2 Å². The van der Waals surface area contributed by atoms with E-state index in [1.54, 1.807) is 13.8 Å². The molecule has 0 saturated heterocycles. The number of carbonyl (C=O) groups excluding carboxylic acids is 2. The molecule has 1 aliphatic heterocycles. The lowest BCUT2D eigenvalue weighted by molar-refractivity contribution is -0.143. The zero-order valence-electron chi connectivity index (χ0n) is 44.2. The van der Waals surface area contributed by atoms with Crippen LogP contribution in [0.2, 0.25) is 0 Å². The highest BCUT2D eigenvalue weighted by Crippen LogP contribution is 2.40. The predicted molar refractivity (Wildman–Crippen MR) is 283 cm³/mol. The number of aliphatic imine (C=N–C) groups is 2. The number of nitrogens with zero attached hydrogens (tertiary/aromatic N) is 2. The van der Waals surface area contributed by atoms with Crippen LogP contribution in [0.1, 0.15) is 62.6 Å². The first-order valence-corrected chi connectivity index (χ1v) is 28.6. The molecule has 5 aromatic carbocycles. The molecule has 0 bridgehead atoms. The van der Waals surface area contributed by atoms with Crippen LogP contribution in [0.3, 0.4) is 0 Å². The van der Waals surface area contributed by atoms with Crippen molar-refractivity contribution < 1.29 is 84.9 Å². The Labute approximate surface area is 463 Å². The van der Waals surface area contributed by atoms with Crippen LogP contribution in [-0.4, -0.2) is 94.1 Å². The van der Waals surface area contributed by atoms with E-state index < -0.39 is 116 Å². The molecule has 81 heavy (non-hydrogen) atoms. The quantitative estimate of drug-likeness (QED) is 0.0146. The van der Waals surface area contributed by atoms with Crippen molar-refractivity contribution in [2.45, 2.75) is 98.6 Å². The first-order valence-electron chi connectivity index (χ1n) is 24.1. The first-order chi connectivity index (χ1) is 37.9. The Kier molecular flexibility index (Phi) is 21.5. The SMILES string of the molecule is COC(=O)[C@@H](CCCN=C(N)N)NS(=O)(=O)c1cc(F)c(Oc2ccc(F)cc2)c(F)c1.COC(=O)[C@@H](CCCN=C(N)NS(=O)(=O)c1cc(C)c2c(c1C)CCC(C)(C)O2)NS(=O)(=O)c1cc(F)c(Oc2ccc(F)cc2)c(F)c1. The molecule has 0 fully saturated rings. The summed E-state index contributed by atoms with van der Waals surface area (Å²) in [7, 11) is -11.3. The predicted octanol–water partition coefficient (Wildman–Crippen LogP) is 6.28. The average molecular weight is 1200 g/mol. The minimum atomic E-state index is -4.68. The first kappa shape index (κ1) is 64.2. The van der Waals surface area contributed by atoms with Gasteiger partial charge in [0.05, 0.1) is 28.9 Å². The van der Waals surface area contributed by atoms with Crippen molar-refractivity contribution in [2.75, 3.05) is 27.3 Å². The number of hydrogen-bond donors (Lipinski definition) is 6. The molecule has 0 spiro atoms. The molecule has 0 radical (unpaired) electrons. The second-order valence-corrected chi connectivity index (χ2v) is 23.5. The van der Waals surface area contributed by atoms with Gasteiger partial charge in [-0.2, -0.15) is 9.44 Å². The van der Waals surface area contributed by atoms with Crippen LogP contribution in [0, 0.1) is 48.8 Å². The highest BCUT2D eigenvalue weighted by Gasteiger charge is 2.33. The number of carbonyl (C=O) groups is 2. The summed E-state index contributed by atoms with van der Waals surface area (Å²) in [5, 5.41) is 0. The highest BCUT2D eigenvalue weighted by molar-refractivity contribution is 7.90. The standard InChI is InChI=1S/C32H37F3N4O8S2.C19H21F3N4O5S/c1-18-15-27(19(2)23-12-13-32(3,4)47-28(18)23)49(43,44)39-31(36)37-14-6-7-26(30(40)45-5)38-48(41,42)22-16-24(34)29(25(35)17-22)46-21-10-8-20(33)9-11-21;1-30-18(27)16(3-2-8-25-19(23)24)26-32(28,29)13-9-14(21)17(15(22)10-13)31-12-6-4-11(20)5-7-12/h8-11,15-17,26,38H,6-7,12-14H2,1-5H3,(H3,36,37,39);4-7,9-10,16,26H,2-3,8H2,1H3,(H4,23,24,25)/t26-;16-/m11/s1. The van der Waals surface area contributed by atoms with Gasteiger partial charge in [-0.3, -0.25) is 19.6 Å². The number of sulfonamides is 3.